The molecule has 1 aliphatic heterocycles. The number of hydrogen-bond donors (Lipinski definition) is 3. The van der Waals surface area contributed by atoms with Gasteiger partial charge in [-0.1, -0.05) is 30.3 Å². The van der Waals surface area contributed by atoms with E-state index in [2.05, 4.69) is 16.0 Å². The van der Waals surface area contributed by atoms with Crippen LogP contribution >= 0.6 is 0 Å². The molecule has 0 fully saturated rings. The van der Waals surface area contributed by atoms with E-state index in [9.17, 15) is 9.59 Å². The molecule has 6 heteroatoms. The standard InChI is InChI=1S/C21H17N3O3/c1-13-6-2-3-7-16(13)24-21(26)22-14-10-11-18-15(12-14)20(25)23-17-8-4-5-9-19(17)27-18/h2-12H,1H3,(H,23,25)(H2,22,24,26). The van der Waals surface area contributed by atoms with Crippen molar-refractivity contribution in [1.29, 1.82) is 0 Å². The van der Waals surface area contributed by atoms with Crippen molar-refractivity contribution in [3.8, 4) is 11.5 Å². The average Bonchev–Trinajstić information content (AvgIpc) is 2.79. The van der Waals surface area contributed by atoms with Crippen LogP contribution in [0.15, 0.2) is 66.7 Å². The van der Waals surface area contributed by atoms with Crippen LogP contribution in [0.25, 0.3) is 0 Å². The number of rotatable bonds is 2. The molecule has 1 heterocycles. The molecule has 0 unspecified atom stereocenters. The summed E-state index contributed by atoms with van der Waals surface area (Å²) >= 11 is 0. The molecule has 0 aliphatic carbocycles. The van der Waals surface area contributed by atoms with E-state index in [1.54, 1.807) is 30.3 Å². The van der Waals surface area contributed by atoms with Gasteiger partial charge in [0.15, 0.2) is 5.75 Å². The monoisotopic (exact) mass is 359 g/mol. The Labute approximate surface area is 156 Å². The summed E-state index contributed by atoms with van der Waals surface area (Å²) in [5.41, 5.74) is 3.12. The van der Waals surface area contributed by atoms with Crippen molar-refractivity contribution in [2.45, 2.75) is 6.92 Å². The smallest absolute Gasteiger partial charge is 0.323 e. The number of amides is 3. The Bertz CT molecular complexity index is 1050. The lowest BCUT2D eigenvalue weighted by atomic mass is 10.1. The maximum atomic E-state index is 12.5. The number of ether oxygens (including phenoxy) is 1. The molecule has 3 N–H and O–H groups in total. The first-order chi connectivity index (χ1) is 13.1. The lowest BCUT2D eigenvalue weighted by Gasteiger charge is -2.11. The fraction of sp³-hybridized carbons (Fsp3) is 0.0476. The zero-order valence-electron chi connectivity index (χ0n) is 14.6. The quantitative estimate of drug-likeness (QED) is 0.602. The third-order valence-corrected chi connectivity index (χ3v) is 4.23. The van der Waals surface area contributed by atoms with Crippen LogP contribution in [0.1, 0.15) is 15.9 Å². The summed E-state index contributed by atoms with van der Waals surface area (Å²) < 4.78 is 5.83. The van der Waals surface area contributed by atoms with E-state index in [-0.39, 0.29) is 11.9 Å². The number of aryl methyl sites for hydroxylation is 1. The van der Waals surface area contributed by atoms with Crippen LogP contribution in [0.3, 0.4) is 0 Å². The van der Waals surface area contributed by atoms with E-state index < -0.39 is 0 Å². The van der Waals surface area contributed by atoms with E-state index in [1.165, 1.54) is 0 Å². The Morgan fingerprint density at radius 3 is 2.56 bits per heavy atom. The van der Waals surface area contributed by atoms with Crippen LogP contribution in [0.2, 0.25) is 0 Å². The summed E-state index contributed by atoms with van der Waals surface area (Å²) in [5.74, 6) is 0.711. The minimum Gasteiger partial charge on any atom is -0.454 e. The van der Waals surface area contributed by atoms with Crippen LogP contribution in [-0.4, -0.2) is 11.9 Å². The Morgan fingerprint density at radius 1 is 0.926 bits per heavy atom. The zero-order valence-corrected chi connectivity index (χ0v) is 14.6. The maximum absolute atomic E-state index is 12.5. The highest BCUT2D eigenvalue weighted by atomic mass is 16.5. The second-order valence-electron chi connectivity index (χ2n) is 6.16. The van der Waals surface area contributed by atoms with Crippen LogP contribution < -0.4 is 20.7 Å². The highest BCUT2D eigenvalue weighted by Gasteiger charge is 2.21. The number of nitrogens with one attached hydrogen (secondary N) is 3. The number of carbonyl (C=O) groups is 2. The molecule has 3 amide bonds. The number of fused-ring (bicyclic) bond motifs is 2. The number of hydrogen-bond acceptors (Lipinski definition) is 3. The molecule has 1 aliphatic rings. The van der Waals surface area contributed by atoms with Crippen LogP contribution in [0.5, 0.6) is 11.5 Å². The second-order valence-corrected chi connectivity index (χ2v) is 6.16. The summed E-state index contributed by atoms with van der Waals surface area (Å²) in [5, 5.41) is 8.35. The van der Waals surface area contributed by atoms with Gasteiger partial charge in [0.05, 0.1) is 11.3 Å². The van der Waals surface area contributed by atoms with Crippen LogP contribution in [0.4, 0.5) is 21.9 Å². The van der Waals surface area contributed by atoms with Gasteiger partial charge in [-0.15, -0.1) is 0 Å². The average molecular weight is 359 g/mol. The summed E-state index contributed by atoms with van der Waals surface area (Å²) in [6.07, 6.45) is 0. The normalized spacial score (nSPS) is 12.0. The van der Waals surface area contributed by atoms with Crippen molar-refractivity contribution in [2.24, 2.45) is 0 Å². The number of anilines is 3. The summed E-state index contributed by atoms with van der Waals surface area (Å²) in [7, 11) is 0. The Kier molecular flexibility index (Phi) is 4.22. The largest absolute Gasteiger partial charge is 0.454 e. The van der Waals surface area contributed by atoms with Gasteiger partial charge in [-0.05, 0) is 48.9 Å². The zero-order chi connectivity index (χ0) is 18.8. The minimum atomic E-state index is -0.387. The number of benzene rings is 3. The fourth-order valence-corrected chi connectivity index (χ4v) is 2.84. The molecule has 134 valence electrons. The molecule has 0 bridgehead atoms. The predicted octanol–water partition coefficient (Wildman–Crippen LogP) is 5.00. The van der Waals surface area contributed by atoms with Crippen molar-refractivity contribution < 1.29 is 14.3 Å². The van der Waals surface area contributed by atoms with E-state index >= 15 is 0 Å². The second kappa shape index (κ2) is 6.84. The van der Waals surface area contributed by atoms with Crippen LogP contribution in [0, 0.1) is 6.92 Å². The molecule has 0 radical (unpaired) electrons. The molecule has 0 aromatic heterocycles. The molecule has 3 aromatic carbocycles. The van der Waals surface area contributed by atoms with Gasteiger partial charge in [0, 0.05) is 11.4 Å². The van der Waals surface area contributed by atoms with E-state index in [0.717, 1.165) is 11.3 Å². The van der Waals surface area contributed by atoms with E-state index in [1.807, 2.05) is 43.3 Å². The third-order valence-electron chi connectivity index (χ3n) is 4.23. The first kappa shape index (κ1) is 16.7. The van der Waals surface area contributed by atoms with Crippen molar-refractivity contribution in [2.75, 3.05) is 16.0 Å². The van der Waals surface area contributed by atoms with Gasteiger partial charge in [0.2, 0.25) is 0 Å². The molecule has 0 saturated carbocycles. The lowest BCUT2D eigenvalue weighted by molar-refractivity contribution is 0.102. The molecule has 3 aromatic rings. The molecule has 0 saturated heterocycles. The molecule has 6 nitrogen and oxygen atoms in total. The van der Waals surface area contributed by atoms with Gasteiger partial charge < -0.3 is 20.7 Å². The molecular formula is C21H17N3O3. The van der Waals surface area contributed by atoms with Gasteiger partial charge >= 0.3 is 6.03 Å². The Balaban J connectivity index is 1.55. The van der Waals surface area contributed by atoms with E-state index in [4.69, 9.17) is 4.74 Å². The summed E-state index contributed by atoms with van der Waals surface area (Å²) in [6.45, 7) is 1.91. The number of urea groups is 1. The van der Waals surface area contributed by atoms with Crippen molar-refractivity contribution >= 4 is 29.0 Å². The molecule has 27 heavy (non-hydrogen) atoms. The van der Waals surface area contributed by atoms with Gasteiger partial charge in [-0.2, -0.15) is 0 Å². The molecule has 0 spiro atoms. The first-order valence-corrected chi connectivity index (χ1v) is 8.46. The Hall–Kier alpha value is -3.80. The summed E-state index contributed by atoms with van der Waals surface area (Å²) in [4.78, 5) is 24.8. The van der Waals surface area contributed by atoms with Gasteiger partial charge in [0.1, 0.15) is 5.75 Å². The van der Waals surface area contributed by atoms with E-state index in [0.29, 0.717) is 28.4 Å². The fourth-order valence-electron chi connectivity index (χ4n) is 2.84. The van der Waals surface area contributed by atoms with Gasteiger partial charge in [0.25, 0.3) is 5.91 Å². The highest BCUT2D eigenvalue weighted by molar-refractivity contribution is 6.09. The van der Waals surface area contributed by atoms with Crippen molar-refractivity contribution in [3.63, 3.8) is 0 Å². The first-order valence-electron chi connectivity index (χ1n) is 8.46. The third kappa shape index (κ3) is 3.46. The Morgan fingerprint density at radius 2 is 1.70 bits per heavy atom. The van der Waals surface area contributed by atoms with Crippen molar-refractivity contribution in [1.82, 2.24) is 0 Å². The SMILES string of the molecule is Cc1ccccc1NC(=O)Nc1ccc2c(c1)C(=O)Nc1ccccc1O2. The van der Waals surface area contributed by atoms with Gasteiger partial charge in [-0.3, -0.25) is 4.79 Å². The highest BCUT2D eigenvalue weighted by Crippen LogP contribution is 2.36. The van der Waals surface area contributed by atoms with Gasteiger partial charge in [-0.25, -0.2) is 4.79 Å². The molecule has 4 rings (SSSR count). The molecular weight excluding hydrogens is 342 g/mol. The number of para-hydroxylation sites is 3. The molecule has 0 atom stereocenters. The number of carbonyl (C=O) groups excluding carboxylic acids is 2. The predicted molar refractivity (Wildman–Crippen MR) is 105 cm³/mol. The summed E-state index contributed by atoms with van der Waals surface area (Å²) in [6, 6.07) is 19.3. The van der Waals surface area contributed by atoms with Crippen LogP contribution in [-0.2, 0) is 0 Å². The maximum Gasteiger partial charge on any atom is 0.323 e. The topological polar surface area (TPSA) is 79.5 Å². The minimum absolute atomic E-state index is 0.294. The van der Waals surface area contributed by atoms with Crippen molar-refractivity contribution in [3.05, 3.63) is 77.9 Å². The lowest BCUT2D eigenvalue weighted by Crippen LogP contribution is -2.20.